The molecule has 2 nitrogen and oxygen atoms in total. The van der Waals surface area contributed by atoms with Crippen LogP contribution < -0.4 is 0 Å². The van der Waals surface area contributed by atoms with E-state index in [2.05, 4.69) is 6.92 Å². The average molecular weight is 130 g/mol. The fourth-order valence-electron chi connectivity index (χ4n) is 1.17. The summed E-state index contributed by atoms with van der Waals surface area (Å²) in [6, 6.07) is 0. The van der Waals surface area contributed by atoms with E-state index in [0.29, 0.717) is 5.92 Å². The third kappa shape index (κ3) is 1.43. The van der Waals surface area contributed by atoms with E-state index in [0.717, 1.165) is 13.0 Å². The minimum Gasteiger partial charge on any atom is -0.390 e. The van der Waals surface area contributed by atoms with Crippen molar-refractivity contribution in [2.24, 2.45) is 5.92 Å². The van der Waals surface area contributed by atoms with E-state index in [4.69, 9.17) is 4.74 Å². The predicted molar refractivity (Wildman–Crippen MR) is 35.2 cm³/mol. The Balaban J connectivity index is 2.41. The molecule has 54 valence electrons. The minimum absolute atomic E-state index is 0.0359. The van der Waals surface area contributed by atoms with Crippen LogP contribution in [-0.2, 0) is 4.74 Å². The van der Waals surface area contributed by atoms with Crippen molar-refractivity contribution in [2.45, 2.75) is 32.5 Å². The Morgan fingerprint density at radius 2 is 2.11 bits per heavy atom. The van der Waals surface area contributed by atoms with Crippen molar-refractivity contribution in [3.63, 3.8) is 0 Å². The lowest BCUT2D eigenvalue weighted by atomic mass is 9.95. The van der Waals surface area contributed by atoms with E-state index in [1.807, 2.05) is 6.92 Å². The first kappa shape index (κ1) is 7.03. The Kier molecular flexibility index (Phi) is 2.09. The summed E-state index contributed by atoms with van der Waals surface area (Å²) in [5.41, 5.74) is 0. The summed E-state index contributed by atoms with van der Waals surface area (Å²) in [5.74, 6) is 0.411. The van der Waals surface area contributed by atoms with Crippen LogP contribution in [0.1, 0.15) is 20.3 Å². The molecule has 0 aromatic carbocycles. The highest BCUT2D eigenvalue weighted by Crippen LogP contribution is 2.19. The van der Waals surface area contributed by atoms with Crippen LogP contribution in [-0.4, -0.2) is 23.9 Å². The highest BCUT2D eigenvalue weighted by Gasteiger charge is 2.25. The van der Waals surface area contributed by atoms with E-state index in [1.165, 1.54) is 0 Å². The SMILES string of the molecule is CC1CCO[C@@H](C)[C@@H]1O. The molecule has 1 rings (SSSR count). The summed E-state index contributed by atoms with van der Waals surface area (Å²) in [5, 5.41) is 9.32. The zero-order chi connectivity index (χ0) is 6.85. The monoisotopic (exact) mass is 130 g/mol. The molecule has 1 heterocycles. The molecular weight excluding hydrogens is 116 g/mol. The Labute approximate surface area is 55.8 Å². The first-order chi connectivity index (χ1) is 4.22. The van der Waals surface area contributed by atoms with Crippen molar-refractivity contribution in [3.05, 3.63) is 0 Å². The highest BCUT2D eigenvalue weighted by molar-refractivity contribution is 4.74. The zero-order valence-corrected chi connectivity index (χ0v) is 6.00. The van der Waals surface area contributed by atoms with Crippen LogP contribution in [0.2, 0.25) is 0 Å². The Morgan fingerprint density at radius 1 is 1.44 bits per heavy atom. The van der Waals surface area contributed by atoms with Crippen LogP contribution in [0.15, 0.2) is 0 Å². The Morgan fingerprint density at radius 3 is 2.56 bits per heavy atom. The summed E-state index contributed by atoms with van der Waals surface area (Å²) in [6.45, 7) is 4.78. The zero-order valence-electron chi connectivity index (χ0n) is 6.00. The summed E-state index contributed by atoms with van der Waals surface area (Å²) >= 11 is 0. The molecule has 1 aliphatic rings. The molecule has 0 aromatic rings. The van der Waals surface area contributed by atoms with E-state index >= 15 is 0 Å². The van der Waals surface area contributed by atoms with Gasteiger partial charge in [-0.25, -0.2) is 0 Å². The molecule has 1 fully saturated rings. The second kappa shape index (κ2) is 2.67. The van der Waals surface area contributed by atoms with Gasteiger partial charge in [-0.3, -0.25) is 0 Å². The van der Waals surface area contributed by atoms with Crippen LogP contribution >= 0.6 is 0 Å². The molecule has 1 N–H and O–H groups in total. The Hall–Kier alpha value is -0.0800. The van der Waals surface area contributed by atoms with Crippen LogP contribution in [0.3, 0.4) is 0 Å². The van der Waals surface area contributed by atoms with Crippen molar-refractivity contribution in [2.75, 3.05) is 6.61 Å². The van der Waals surface area contributed by atoms with Crippen LogP contribution in [0.5, 0.6) is 0 Å². The third-order valence-corrected chi connectivity index (χ3v) is 2.02. The van der Waals surface area contributed by atoms with Crippen LogP contribution in [0.25, 0.3) is 0 Å². The van der Waals surface area contributed by atoms with Gasteiger partial charge in [-0.05, 0) is 19.3 Å². The van der Waals surface area contributed by atoms with Gasteiger partial charge in [0.1, 0.15) is 0 Å². The van der Waals surface area contributed by atoms with Gasteiger partial charge < -0.3 is 9.84 Å². The number of ether oxygens (including phenoxy) is 1. The number of hydrogen-bond acceptors (Lipinski definition) is 2. The summed E-state index contributed by atoms with van der Waals surface area (Å²) < 4.78 is 5.21. The van der Waals surface area contributed by atoms with Gasteiger partial charge in [-0.2, -0.15) is 0 Å². The lowest BCUT2D eigenvalue weighted by Crippen LogP contribution is -2.37. The molecule has 0 saturated carbocycles. The molecule has 3 atom stereocenters. The maximum atomic E-state index is 9.32. The van der Waals surface area contributed by atoms with Gasteiger partial charge in [0.05, 0.1) is 12.2 Å². The van der Waals surface area contributed by atoms with Gasteiger partial charge >= 0.3 is 0 Å². The van der Waals surface area contributed by atoms with Crippen molar-refractivity contribution in [1.82, 2.24) is 0 Å². The van der Waals surface area contributed by atoms with E-state index in [9.17, 15) is 5.11 Å². The standard InChI is InChI=1S/C7H14O2/c1-5-3-4-9-6(2)7(5)8/h5-8H,3-4H2,1-2H3/t5?,6-,7+/m0/s1. The first-order valence-corrected chi connectivity index (χ1v) is 3.51. The Bertz CT molecular complexity index is 82.9. The molecule has 0 aromatic heterocycles. The van der Waals surface area contributed by atoms with Crippen LogP contribution in [0, 0.1) is 5.92 Å². The third-order valence-electron chi connectivity index (χ3n) is 2.02. The van der Waals surface area contributed by atoms with Gasteiger partial charge in [0, 0.05) is 6.61 Å². The maximum Gasteiger partial charge on any atom is 0.0825 e. The van der Waals surface area contributed by atoms with E-state index in [-0.39, 0.29) is 12.2 Å². The fourth-order valence-corrected chi connectivity index (χ4v) is 1.17. The molecule has 1 unspecified atom stereocenters. The normalized spacial score (nSPS) is 45.0. The lowest BCUT2D eigenvalue weighted by molar-refractivity contribution is -0.0911. The molecule has 0 spiro atoms. The number of hydrogen-bond donors (Lipinski definition) is 1. The van der Waals surface area contributed by atoms with Crippen molar-refractivity contribution >= 4 is 0 Å². The molecule has 0 radical (unpaired) electrons. The maximum absolute atomic E-state index is 9.32. The second-order valence-electron chi connectivity index (χ2n) is 2.83. The molecular formula is C7H14O2. The summed E-state index contributed by atoms with van der Waals surface area (Å²) in [6.07, 6.45) is 0.776. The highest BCUT2D eigenvalue weighted by atomic mass is 16.5. The number of aliphatic hydroxyl groups is 1. The molecule has 9 heavy (non-hydrogen) atoms. The van der Waals surface area contributed by atoms with E-state index in [1.54, 1.807) is 0 Å². The molecule has 1 aliphatic heterocycles. The van der Waals surface area contributed by atoms with Gasteiger partial charge in [0.2, 0.25) is 0 Å². The minimum atomic E-state index is -0.251. The predicted octanol–water partition coefficient (Wildman–Crippen LogP) is 0.792. The summed E-state index contributed by atoms with van der Waals surface area (Å²) in [7, 11) is 0. The molecule has 1 saturated heterocycles. The smallest absolute Gasteiger partial charge is 0.0825 e. The quantitative estimate of drug-likeness (QED) is 0.525. The summed E-state index contributed by atoms with van der Waals surface area (Å²) in [4.78, 5) is 0. The fraction of sp³-hybridized carbons (Fsp3) is 1.00. The van der Waals surface area contributed by atoms with E-state index < -0.39 is 0 Å². The largest absolute Gasteiger partial charge is 0.390 e. The molecule has 0 bridgehead atoms. The lowest BCUT2D eigenvalue weighted by Gasteiger charge is -2.30. The van der Waals surface area contributed by atoms with Crippen molar-refractivity contribution in [3.8, 4) is 0 Å². The van der Waals surface area contributed by atoms with Gasteiger partial charge in [-0.15, -0.1) is 0 Å². The topological polar surface area (TPSA) is 29.5 Å². The molecule has 2 heteroatoms. The van der Waals surface area contributed by atoms with Crippen molar-refractivity contribution in [1.29, 1.82) is 0 Å². The second-order valence-corrected chi connectivity index (χ2v) is 2.83. The van der Waals surface area contributed by atoms with Crippen molar-refractivity contribution < 1.29 is 9.84 Å². The first-order valence-electron chi connectivity index (χ1n) is 3.51. The average Bonchev–Trinajstić information content (AvgIpc) is 1.83. The van der Waals surface area contributed by atoms with Gasteiger partial charge in [-0.1, -0.05) is 6.92 Å². The van der Waals surface area contributed by atoms with Crippen LogP contribution in [0.4, 0.5) is 0 Å². The number of aliphatic hydroxyl groups excluding tert-OH is 1. The van der Waals surface area contributed by atoms with Gasteiger partial charge in [0.25, 0.3) is 0 Å². The van der Waals surface area contributed by atoms with Gasteiger partial charge in [0.15, 0.2) is 0 Å². The molecule has 0 aliphatic carbocycles. The number of rotatable bonds is 0. The molecule has 0 amide bonds.